The Hall–Kier alpha value is -0.530. The first-order valence-electron chi connectivity index (χ1n) is 6.69. The molecule has 96 valence electrons. The fraction of sp³-hybridized carbons (Fsp3) is 0.600. The predicted octanol–water partition coefficient (Wildman–Crippen LogP) is 4.96. The van der Waals surface area contributed by atoms with Crippen molar-refractivity contribution < 1.29 is 0 Å². The van der Waals surface area contributed by atoms with Crippen LogP contribution in [0.3, 0.4) is 0 Å². The van der Waals surface area contributed by atoms with Gasteiger partial charge in [0.2, 0.25) is 0 Å². The Morgan fingerprint density at radius 1 is 1.24 bits per heavy atom. The van der Waals surface area contributed by atoms with Crippen molar-refractivity contribution in [2.24, 2.45) is 0 Å². The number of benzene rings is 1. The molecule has 2 heteroatoms. The average Bonchev–Trinajstić information content (AvgIpc) is 2.34. The van der Waals surface area contributed by atoms with Gasteiger partial charge in [0, 0.05) is 17.1 Å². The Bertz CT molecular complexity index is 324. The molecular weight excluding hydrogens is 230 g/mol. The first-order chi connectivity index (χ1) is 8.19. The molecule has 0 aliphatic rings. The fourth-order valence-corrected chi connectivity index (χ4v) is 2.42. The second-order valence-corrected chi connectivity index (χ2v) is 5.06. The van der Waals surface area contributed by atoms with Crippen LogP contribution < -0.4 is 5.32 Å². The number of nitrogens with one attached hydrogen (secondary N) is 1. The van der Waals surface area contributed by atoms with Crippen molar-refractivity contribution in [1.29, 1.82) is 0 Å². The molecule has 0 aliphatic carbocycles. The number of hydrogen-bond donors (Lipinski definition) is 1. The summed E-state index contributed by atoms with van der Waals surface area (Å²) in [4.78, 5) is 0. The van der Waals surface area contributed by atoms with Gasteiger partial charge in [-0.05, 0) is 31.4 Å². The van der Waals surface area contributed by atoms with Crippen molar-refractivity contribution in [3.8, 4) is 0 Å². The van der Waals surface area contributed by atoms with Crippen molar-refractivity contribution in [2.75, 3.05) is 0 Å². The van der Waals surface area contributed by atoms with E-state index in [1.807, 2.05) is 18.2 Å². The van der Waals surface area contributed by atoms with Crippen LogP contribution in [0.4, 0.5) is 0 Å². The summed E-state index contributed by atoms with van der Waals surface area (Å²) < 4.78 is 0. The molecule has 0 saturated carbocycles. The third kappa shape index (κ3) is 4.69. The molecule has 1 N–H and O–H groups in total. The third-order valence-corrected chi connectivity index (χ3v) is 3.60. The van der Waals surface area contributed by atoms with Gasteiger partial charge in [0.1, 0.15) is 0 Å². The van der Waals surface area contributed by atoms with Crippen LogP contribution in [0.5, 0.6) is 0 Å². The molecule has 17 heavy (non-hydrogen) atoms. The quantitative estimate of drug-likeness (QED) is 0.724. The summed E-state index contributed by atoms with van der Waals surface area (Å²) in [5.74, 6) is 0. The van der Waals surface area contributed by atoms with E-state index < -0.39 is 0 Å². The van der Waals surface area contributed by atoms with Crippen molar-refractivity contribution in [2.45, 2.75) is 58.5 Å². The van der Waals surface area contributed by atoms with Crippen molar-refractivity contribution in [1.82, 2.24) is 5.32 Å². The highest BCUT2D eigenvalue weighted by atomic mass is 35.5. The lowest BCUT2D eigenvalue weighted by molar-refractivity contribution is 0.410. The Morgan fingerprint density at radius 3 is 2.53 bits per heavy atom. The largest absolute Gasteiger partial charge is 0.307 e. The number of hydrogen-bond acceptors (Lipinski definition) is 1. The molecule has 1 aromatic carbocycles. The van der Waals surface area contributed by atoms with Gasteiger partial charge in [-0.1, -0.05) is 56.5 Å². The Morgan fingerprint density at radius 2 is 1.94 bits per heavy atom. The van der Waals surface area contributed by atoms with Crippen LogP contribution in [0.1, 0.15) is 58.1 Å². The van der Waals surface area contributed by atoms with E-state index in [1.54, 1.807) is 0 Å². The summed E-state index contributed by atoms with van der Waals surface area (Å²) >= 11 is 6.21. The molecular formula is C15H24ClN. The average molecular weight is 254 g/mol. The van der Waals surface area contributed by atoms with E-state index in [-0.39, 0.29) is 0 Å². The SMILES string of the molecule is CCCCC(CC)N[C@@H](C)c1ccccc1Cl. The topological polar surface area (TPSA) is 12.0 Å². The van der Waals surface area contributed by atoms with E-state index in [1.165, 1.54) is 31.2 Å². The molecule has 0 heterocycles. The van der Waals surface area contributed by atoms with Gasteiger partial charge in [-0.15, -0.1) is 0 Å². The highest BCUT2D eigenvalue weighted by Gasteiger charge is 2.13. The Balaban J connectivity index is 2.58. The molecule has 1 unspecified atom stereocenters. The summed E-state index contributed by atoms with van der Waals surface area (Å²) in [6, 6.07) is 9.01. The summed E-state index contributed by atoms with van der Waals surface area (Å²) in [6.45, 7) is 6.67. The molecule has 0 spiro atoms. The first-order valence-corrected chi connectivity index (χ1v) is 7.07. The van der Waals surface area contributed by atoms with E-state index in [2.05, 4.69) is 32.2 Å². The van der Waals surface area contributed by atoms with Crippen molar-refractivity contribution in [3.63, 3.8) is 0 Å². The lowest BCUT2D eigenvalue weighted by Crippen LogP contribution is -2.31. The van der Waals surface area contributed by atoms with Crippen LogP contribution in [0.15, 0.2) is 24.3 Å². The third-order valence-electron chi connectivity index (χ3n) is 3.26. The van der Waals surface area contributed by atoms with Crippen LogP contribution >= 0.6 is 11.6 Å². The molecule has 0 amide bonds. The maximum Gasteiger partial charge on any atom is 0.0453 e. The minimum atomic E-state index is 0.325. The standard InChI is InChI=1S/C15H24ClN/c1-4-6-9-13(5-2)17-12(3)14-10-7-8-11-15(14)16/h7-8,10-13,17H,4-6,9H2,1-3H3/t12-,13?/m0/s1. The maximum atomic E-state index is 6.21. The second-order valence-electron chi connectivity index (χ2n) is 4.66. The Labute approximate surface area is 111 Å². The smallest absolute Gasteiger partial charge is 0.0453 e. The maximum absolute atomic E-state index is 6.21. The van der Waals surface area contributed by atoms with Gasteiger partial charge in [0.25, 0.3) is 0 Å². The van der Waals surface area contributed by atoms with Gasteiger partial charge in [0.05, 0.1) is 0 Å². The lowest BCUT2D eigenvalue weighted by atomic mass is 10.0. The van der Waals surface area contributed by atoms with Gasteiger partial charge in [-0.25, -0.2) is 0 Å². The second kappa shape index (κ2) is 7.73. The number of halogens is 1. The molecule has 0 bridgehead atoms. The first kappa shape index (κ1) is 14.5. The van der Waals surface area contributed by atoms with Crippen LogP contribution in [-0.2, 0) is 0 Å². The predicted molar refractivity (Wildman–Crippen MR) is 76.6 cm³/mol. The van der Waals surface area contributed by atoms with Gasteiger partial charge >= 0.3 is 0 Å². The molecule has 0 saturated heterocycles. The summed E-state index contributed by atoms with van der Waals surface area (Å²) in [7, 11) is 0. The van der Waals surface area contributed by atoms with Crippen LogP contribution in [-0.4, -0.2) is 6.04 Å². The van der Waals surface area contributed by atoms with Crippen LogP contribution in [0, 0.1) is 0 Å². The summed E-state index contributed by atoms with van der Waals surface area (Å²) in [5, 5.41) is 4.53. The van der Waals surface area contributed by atoms with Crippen molar-refractivity contribution >= 4 is 11.6 Å². The van der Waals surface area contributed by atoms with Crippen molar-refractivity contribution in [3.05, 3.63) is 34.9 Å². The minimum Gasteiger partial charge on any atom is -0.307 e. The molecule has 1 aromatic rings. The molecule has 0 fully saturated rings. The highest BCUT2D eigenvalue weighted by Crippen LogP contribution is 2.23. The zero-order valence-corrected chi connectivity index (χ0v) is 11.9. The molecule has 0 aliphatic heterocycles. The van der Waals surface area contributed by atoms with E-state index >= 15 is 0 Å². The van der Waals surface area contributed by atoms with E-state index in [0.717, 1.165) is 5.02 Å². The van der Waals surface area contributed by atoms with Crippen LogP contribution in [0.2, 0.25) is 5.02 Å². The number of unbranched alkanes of at least 4 members (excludes halogenated alkanes) is 1. The van der Waals surface area contributed by atoms with Gasteiger partial charge in [-0.2, -0.15) is 0 Å². The Kier molecular flexibility index (Phi) is 6.61. The summed E-state index contributed by atoms with van der Waals surface area (Å²) in [6.07, 6.45) is 4.98. The highest BCUT2D eigenvalue weighted by molar-refractivity contribution is 6.31. The lowest BCUT2D eigenvalue weighted by Gasteiger charge is -2.23. The zero-order chi connectivity index (χ0) is 12.7. The molecule has 0 aromatic heterocycles. The fourth-order valence-electron chi connectivity index (χ4n) is 2.13. The minimum absolute atomic E-state index is 0.325. The van der Waals surface area contributed by atoms with Crippen LogP contribution in [0.25, 0.3) is 0 Å². The summed E-state index contributed by atoms with van der Waals surface area (Å²) in [5.41, 5.74) is 1.20. The molecule has 0 radical (unpaired) electrons. The molecule has 2 atom stereocenters. The van der Waals surface area contributed by atoms with Gasteiger partial charge in [0.15, 0.2) is 0 Å². The van der Waals surface area contributed by atoms with Gasteiger partial charge in [-0.3, -0.25) is 0 Å². The zero-order valence-electron chi connectivity index (χ0n) is 11.2. The van der Waals surface area contributed by atoms with E-state index in [4.69, 9.17) is 11.6 Å². The van der Waals surface area contributed by atoms with E-state index in [0.29, 0.717) is 12.1 Å². The normalized spacial score (nSPS) is 14.6. The van der Waals surface area contributed by atoms with E-state index in [9.17, 15) is 0 Å². The monoisotopic (exact) mass is 253 g/mol. The number of rotatable bonds is 7. The molecule has 1 nitrogen and oxygen atoms in total. The molecule has 1 rings (SSSR count). The van der Waals surface area contributed by atoms with Gasteiger partial charge < -0.3 is 5.32 Å².